The van der Waals surface area contributed by atoms with Crippen LogP contribution < -0.4 is 5.32 Å². The van der Waals surface area contributed by atoms with Crippen molar-refractivity contribution in [2.75, 3.05) is 18.6 Å². The van der Waals surface area contributed by atoms with Crippen LogP contribution in [0.2, 0.25) is 0 Å². The van der Waals surface area contributed by atoms with E-state index >= 15 is 0 Å². The summed E-state index contributed by atoms with van der Waals surface area (Å²) in [4.78, 5) is 11.1. The van der Waals surface area contributed by atoms with Gasteiger partial charge < -0.3 is 10.4 Å². The zero-order chi connectivity index (χ0) is 11.1. The fourth-order valence-electron chi connectivity index (χ4n) is 1.19. The number of benzene rings is 1. The first-order valence-electron chi connectivity index (χ1n) is 4.72. The van der Waals surface area contributed by atoms with Crippen LogP contribution in [-0.2, 0) is 4.79 Å². The Hall–Kier alpha value is -1.00. The molecule has 0 aliphatic rings. The molecule has 82 valence electrons. The van der Waals surface area contributed by atoms with Gasteiger partial charge in [0.25, 0.3) is 0 Å². The SMILES string of the molecule is CSCC(=O)NCC(O)c1ccccc1. The third-order valence-electron chi connectivity index (χ3n) is 1.95. The Morgan fingerprint density at radius 1 is 1.47 bits per heavy atom. The molecule has 0 heterocycles. The summed E-state index contributed by atoms with van der Waals surface area (Å²) in [6, 6.07) is 9.30. The van der Waals surface area contributed by atoms with Crippen LogP contribution in [0.3, 0.4) is 0 Å². The van der Waals surface area contributed by atoms with Crippen molar-refractivity contribution in [1.82, 2.24) is 5.32 Å². The number of nitrogens with one attached hydrogen (secondary N) is 1. The van der Waals surface area contributed by atoms with Crippen molar-refractivity contribution in [1.29, 1.82) is 0 Å². The lowest BCUT2D eigenvalue weighted by molar-refractivity contribution is -0.119. The minimum absolute atomic E-state index is 0.0440. The molecule has 0 aliphatic heterocycles. The number of thioether (sulfide) groups is 1. The molecule has 0 saturated heterocycles. The third kappa shape index (κ3) is 4.36. The molecule has 1 atom stereocenters. The van der Waals surface area contributed by atoms with Crippen LogP contribution in [0.25, 0.3) is 0 Å². The van der Waals surface area contributed by atoms with Gasteiger partial charge in [0.05, 0.1) is 11.9 Å². The lowest BCUT2D eigenvalue weighted by Gasteiger charge is -2.11. The maximum atomic E-state index is 11.1. The summed E-state index contributed by atoms with van der Waals surface area (Å²) < 4.78 is 0. The van der Waals surface area contributed by atoms with Crippen LogP contribution in [0.15, 0.2) is 30.3 Å². The van der Waals surface area contributed by atoms with E-state index in [0.29, 0.717) is 5.75 Å². The van der Waals surface area contributed by atoms with Crippen molar-refractivity contribution in [3.63, 3.8) is 0 Å². The molecule has 0 radical (unpaired) electrons. The van der Waals surface area contributed by atoms with E-state index in [1.54, 1.807) is 0 Å². The molecule has 0 aromatic heterocycles. The smallest absolute Gasteiger partial charge is 0.230 e. The highest BCUT2D eigenvalue weighted by Gasteiger charge is 2.07. The van der Waals surface area contributed by atoms with Gasteiger partial charge in [-0.25, -0.2) is 0 Å². The van der Waals surface area contributed by atoms with Crippen LogP contribution in [-0.4, -0.2) is 29.6 Å². The number of carbonyl (C=O) groups excluding carboxylic acids is 1. The van der Waals surface area contributed by atoms with Crippen LogP contribution >= 0.6 is 11.8 Å². The molecule has 1 amide bonds. The average molecular weight is 225 g/mol. The number of rotatable bonds is 5. The third-order valence-corrected chi connectivity index (χ3v) is 2.50. The quantitative estimate of drug-likeness (QED) is 0.791. The van der Waals surface area contributed by atoms with Gasteiger partial charge >= 0.3 is 0 Å². The minimum atomic E-state index is -0.628. The van der Waals surface area contributed by atoms with Crippen molar-refractivity contribution in [3.8, 4) is 0 Å². The first kappa shape index (κ1) is 12.1. The fraction of sp³-hybridized carbons (Fsp3) is 0.364. The molecular weight excluding hydrogens is 210 g/mol. The van der Waals surface area contributed by atoms with E-state index in [1.165, 1.54) is 11.8 Å². The number of hydrogen-bond donors (Lipinski definition) is 2. The van der Waals surface area contributed by atoms with E-state index in [2.05, 4.69) is 5.32 Å². The number of hydrogen-bond acceptors (Lipinski definition) is 3. The summed E-state index contributed by atoms with van der Waals surface area (Å²) >= 11 is 1.46. The van der Waals surface area contributed by atoms with Crippen molar-refractivity contribution >= 4 is 17.7 Å². The molecule has 1 aromatic carbocycles. The number of amides is 1. The van der Waals surface area contributed by atoms with E-state index in [4.69, 9.17) is 0 Å². The maximum Gasteiger partial charge on any atom is 0.230 e. The van der Waals surface area contributed by atoms with Crippen LogP contribution in [0, 0.1) is 0 Å². The Morgan fingerprint density at radius 3 is 2.73 bits per heavy atom. The molecule has 2 N–H and O–H groups in total. The highest BCUT2D eigenvalue weighted by atomic mass is 32.2. The Kier molecular flexibility index (Phi) is 5.21. The Morgan fingerprint density at radius 2 is 2.13 bits per heavy atom. The molecule has 1 unspecified atom stereocenters. The molecule has 0 fully saturated rings. The number of aliphatic hydroxyl groups excluding tert-OH is 1. The van der Waals surface area contributed by atoms with Gasteiger partial charge in [0.15, 0.2) is 0 Å². The molecule has 0 saturated carbocycles. The molecule has 1 rings (SSSR count). The predicted octanol–water partition coefficient (Wildman–Crippen LogP) is 1.20. The van der Waals surface area contributed by atoms with Gasteiger partial charge in [-0.1, -0.05) is 30.3 Å². The monoisotopic (exact) mass is 225 g/mol. The van der Waals surface area contributed by atoms with Gasteiger partial charge in [0.1, 0.15) is 0 Å². The van der Waals surface area contributed by atoms with E-state index in [1.807, 2.05) is 36.6 Å². The molecule has 3 nitrogen and oxygen atoms in total. The summed E-state index contributed by atoms with van der Waals surface area (Å²) in [5.41, 5.74) is 0.821. The second-order valence-electron chi connectivity index (χ2n) is 3.16. The number of carbonyl (C=O) groups is 1. The second kappa shape index (κ2) is 6.48. The van der Waals surface area contributed by atoms with Crippen LogP contribution in [0.4, 0.5) is 0 Å². The average Bonchev–Trinajstić information content (AvgIpc) is 2.27. The predicted molar refractivity (Wildman–Crippen MR) is 62.8 cm³/mol. The van der Waals surface area contributed by atoms with Gasteiger partial charge in [-0.15, -0.1) is 0 Å². The Bertz CT molecular complexity index is 303. The largest absolute Gasteiger partial charge is 0.387 e. The second-order valence-corrected chi connectivity index (χ2v) is 4.03. The van der Waals surface area contributed by atoms with E-state index < -0.39 is 6.10 Å². The summed E-state index contributed by atoms with van der Waals surface area (Å²) in [6.07, 6.45) is 1.24. The highest BCUT2D eigenvalue weighted by molar-refractivity contribution is 7.99. The van der Waals surface area contributed by atoms with Crippen LogP contribution in [0.1, 0.15) is 11.7 Å². The zero-order valence-corrected chi connectivity index (χ0v) is 9.46. The fourth-order valence-corrected chi connectivity index (χ4v) is 1.55. The van der Waals surface area contributed by atoms with E-state index in [0.717, 1.165) is 5.56 Å². The van der Waals surface area contributed by atoms with Gasteiger partial charge in [-0.05, 0) is 11.8 Å². The lowest BCUT2D eigenvalue weighted by Crippen LogP contribution is -2.29. The minimum Gasteiger partial charge on any atom is -0.387 e. The standard InChI is InChI=1S/C11H15NO2S/c1-15-8-11(14)12-7-10(13)9-5-3-2-4-6-9/h2-6,10,13H,7-8H2,1H3,(H,12,14). The normalized spacial score (nSPS) is 12.1. The van der Waals surface area contributed by atoms with Crippen molar-refractivity contribution < 1.29 is 9.90 Å². The van der Waals surface area contributed by atoms with Gasteiger partial charge in [0.2, 0.25) is 5.91 Å². The summed E-state index contributed by atoms with van der Waals surface area (Å²) in [5.74, 6) is 0.388. The summed E-state index contributed by atoms with van der Waals surface area (Å²) in [5, 5.41) is 12.4. The van der Waals surface area contributed by atoms with Crippen molar-refractivity contribution in [2.24, 2.45) is 0 Å². The van der Waals surface area contributed by atoms with Gasteiger partial charge in [-0.2, -0.15) is 11.8 Å². The zero-order valence-electron chi connectivity index (χ0n) is 8.64. The first-order valence-corrected chi connectivity index (χ1v) is 6.12. The van der Waals surface area contributed by atoms with Crippen LogP contribution in [0.5, 0.6) is 0 Å². The molecular formula is C11H15NO2S. The lowest BCUT2D eigenvalue weighted by atomic mass is 10.1. The summed E-state index contributed by atoms with van der Waals surface area (Å²) in [7, 11) is 0. The highest BCUT2D eigenvalue weighted by Crippen LogP contribution is 2.10. The van der Waals surface area contributed by atoms with E-state index in [-0.39, 0.29) is 12.5 Å². The van der Waals surface area contributed by atoms with Gasteiger partial charge in [-0.3, -0.25) is 4.79 Å². The molecule has 1 aromatic rings. The molecule has 0 spiro atoms. The van der Waals surface area contributed by atoms with Gasteiger partial charge in [0, 0.05) is 6.54 Å². The van der Waals surface area contributed by atoms with Crippen molar-refractivity contribution in [2.45, 2.75) is 6.10 Å². The summed E-state index contributed by atoms with van der Waals surface area (Å²) in [6.45, 7) is 0.267. The van der Waals surface area contributed by atoms with Crippen molar-refractivity contribution in [3.05, 3.63) is 35.9 Å². The van der Waals surface area contributed by atoms with E-state index in [9.17, 15) is 9.90 Å². The molecule has 15 heavy (non-hydrogen) atoms. The Labute approximate surface area is 93.9 Å². The molecule has 4 heteroatoms. The Balaban J connectivity index is 2.37. The topological polar surface area (TPSA) is 49.3 Å². The molecule has 0 aliphatic carbocycles. The molecule has 0 bridgehead atoms. The number of aliphatic hydroxyl groups is 1. The first-order chi connectivity index (χ1) is 7.24. The maximum absolute atomic E-state index is 11.1.